The molecule has 176 valence electrons. The van der Waals surface area contributed by atoms with Crippen molar-refractivity contribution in [2.75, 3.05) is 13.1 Å². The number of hydrogen-bond donors (Lipinski definition) is 2. The number of nitrogens with one attached hydrogen (secondary N) is 2. The van der Waals surface area contributed by atoms with E-state index in [-0.39, 0.29) is 31.5 Å². The number of nitriles is 1. The van der Waals surface area contributed by atoms with Gasteiger partial charge in [0.05, 0.1) is 18.4 Å². The summed E-state index contributed by atoms with van der Waals surface area (Å²) in [5, 5.41) is 16.6. The lowest BCUT2D eigenvalue weighted by atomic mass is 9.75. The molecule has 1 aliphatic carbocycles. The molecule has 2 amide bonds. The number of carbonyl (C=O) groups excluding carboxylic acids is 2. The zero-order valence-corrected chi connectivity index (χ0v) is 19.8. The number of carbonyl (C=O) groups is 2. The fourth-order valence-corrected chi connectivity index (χ4v) is 4.77. The minimum atomic E-state index is -0.577. The summed E-state index contributed by atoms with van der Waals surface area (Å²) in [6, 6.07) is 15.9. The van der Waals surface area contributed by atoms with Gasteiger partial charge < -0.3 is 15.4 Å². The molecule has 0 bridgehead atoms. The monoisotopic (exact) mass is 449 g/mol. The predicted octanol–water partition coefficient (Wildman–Crippen LogP) is 5.14. The molecule has 33 heavy (non-hydrogen) atoms. The van der Waals surface area contributed by atoms with E-state index in [4.69, 9.17) is 10.00 Å². The highest BCUT2D eigenvalue weighted by molar-refractivity contribution is 5.88. The van der Waals surface area contributed by atoms with Gasteiger partial charge in [-0.15, -0.1) is 0 Å². The summed E-state index contributed by atoms with van der Waals surface area (Å²) in [4.78, 5) is 25.6. The molecule has 0 heterocycles. The number of ether oxygens (including phenoxy) is 1. The number of benzene rings is 2. The van der Waals surface area contributed by atoms with Crippen LogP contribution in [0.2, 0.25) is 0 Å². The average Bonchev–Trinajstić information content (AvgIpc) is 2.79. The molecule has 2 aromatic rings. The third-order valence-corrected chi connectivity index (χ3v) is 6.70. The van der Waals surface area contributed by atoms with Gasteiger partial charge in [0.2, 0.25) is 5.91 Å². The third-order valence-electron chi connectivity index (χ3n) is 6.70. The second-order valence-electron chi connectivity index (χ2n) is 9.51. The Morgan fingerprint density at radius 3 is 2.61 bits per heavy atom. The molecule has 6 heteroatoms. The molecule has 1 fully saturated rings. The van der Waals surface area contributed by atoms with Crippen molar-refractivity contribution >= 4 is 22.8 Å². The maximum absolute atomic E-state index is 12.9. The van der Waals surface area contributed by atoms with Gasteiger partial charge >= 0.3 is 6.09 Å². The fourth-order valence-electron chi connectivity index (χ4n) is 4.77. The second kappa shape index (κ2) is 11.7. The van der Waals surface area contributed by atoms with E-state index in [9.17, 15) is 9.59 Å². The van der Waals surface area contributed by atoms with Gasteiger partial charge in [-0.1, -0.05) is 69.7 Å². The van der Waals surface area contributed by atoms with Crippen LogP contribution in [-0.4, -0.2) is 31.2 Å². The number of nitrogens with zero attached hydrogens (tertiary/aromatic N) is 1. The van der Waals surface area contributed by atoms with Crippen molar-refractivity contribution in [3.63, 3.8) is 0 Å². The Morgan fingerprint density at radius 1 is 1.12 bits per heavy atom. The average molecular weight is 450 g/mol. The summed E-state index contributed by atoms with van der Waals surface area (Å²) in [5.41, 5.74) is 0.815. The highest BCUT2D eigenvalue weighted by Crippen LogP contribution is 2.35. The van der Waals surface area contributed by atoms with Crippen molar-refractivity contribution in [2.24, 2.45) is 17.8 Å². The van der Waals surface area contributed by atoms with Gasteiger partial charge in [0, 0.05) is 13.1 Å². The quantitative estimate of drug-likeness (QED) is 0.546. The van der Waals surface area contributed by atoms with Crippen LogP contribution in [0, 0.1) is 29.1 Å². The summed E-state index contributed by atoms with van der Waals surface area (Å²) in [6.07, 6.45) is 2.77. The summed E-state index contributed by atoms with van der Waals surface area (Å²) in [5.74, 6) is 0.553. The number of hydrogen-bond acceptors (Lipinski definition) is 4. The zero-order valence-electron chi connectivity index (χ0n) is 19.8. The van der Waals surface area contributed by atoms with Gasteiger partial charge in [0.25, 0.3) is 0 Å². The van der Waals surface area contributed by atoms with Crippen LogP contribution in [-0.2, 0) is 9.53 Å². The van der Waals surface area contributed by atoms with Crippen molar-refractivity contribution in [1.29, 1.82) is 5.26 Å². The Hall–Kier alpha value is -3.07. The lowest BCUT2D eigenvalue weighted by Gasteiger charge is -2.36. The van der Waals surface area contributed by atoms with Crippen molar-refractivity contribution < 1.29 is 14.3 Å². The molecule has 4 unspecified atom stereocenters. The molecular formula is C27H35N3O3. The Morgan fingerprint density at radius 2 is 1.88 bits per heavy atom. The molecule has 0 spiro atoms. The summed E-state index contributed by atoms with van der Waals surface area (Å²) in [6.45, 7) is 6.96. The SMILES string of the molecule is CC1CCC(C(C)C)C(OC(=O)NCC(C(=O)NCCC#N)c2ccc3ccccc3c2)C1. The first-order valence-electron chi connectivity index (χ1n) is 12.0. The number of alkyl carbamates (subject to hydrolysis) is 1. The van der Waals surface area contributed by atoms with E-state index >= 15 is 0 Å². The molecule has 0 aromatic heterocycles. The molecule has 0 aliphatic heterocycles. The molecule has 1 saturated carbocycles. The number of amides is 2. The molecule has 4 atom stereocenters. The van der Waals surface area contributed by atoms with E-state index in [1.54, 1.807) is 0 Å². The highest BCUT2D eigenvalue weighted by Gasteiger charge is 2.33. The van der Waals surface area contributed by atoms with Gasteiger partial charge in [-0.05, 0) is 46.9 Å². The van der Waals surface area contributed by atoms with E-state index in [0.717, 1.165) is 35.6 Å². The number of rotatable bonds is 8. The zero-order chi connectivity index (χ0) is 23.8. The molecule has 0 radical (unpaired) electrons. The van der Waals surface area contributed by atoms with E-state index in [1.165, 1.54) is 0 Å². The second-order valence-corrected chi connectivity index (χ2v) is 9.51. The van der Waals surface area contributed by atoms with E-state index in [1.807, 2.05) is 48.5 Å². The first-order valence-corrected chi connectivity index (χ1v) is 12.0. The maximum atomic E-state index is 12.9. The van der Waals surface area contributed by atoms with Crippen LogP contribution in [0.15, 0.2) is 42.5 Å². The van der Waals surface area contributed by atoms with Crippen molar-refractivity contribution in [3.8, 4) is 6.07 Å². The summed E-state index contributed by atoms with van der Waals surface area (Å²) < 4.78 is 5.85. The lowest BCUT2D eigenvalue weighted by Crippen LogP contribution is -2.41. The van der Waals surface area contributed by atoms with Gasteiger partial charge in [-0.25, -0.2) is 4.79 Å². The molecular weight excluding hydrogens is 414 g/mol. The van der Waals surface area contributed by atoms with Crippen LogP contribution in [0.4, 0.5) is 4.79 Å². The highest BCUT2D eigenvalue weighted by atomic mass is 16.6. The fraction of sp³-hybridized carbons (Fsp3) is 0.519. The topological polar surface area (TPSA) is 91.2 Å². The van der Waals surface area contributed by atoms with Crippen molar-refractivity contribution in [3.05, 3.63) is 48.0 Å². The van der Waals surface area contributed by atoms with Crippen molar-refractivity contribution in [1.82, 2.24) is 10.6 Å². The minimum Gasteiger partial charge on any atom is -0.446 e. The van der Waals surface area contributed by atoms with Crippen molar-refractivity contribution in [2.45, 2.75) is 58.5 Å². The van der Waals surface area contributed by atoms with Crippen LogP contribution < -0.4 is 10.6 Å². The van der Waals surface area contributed by atoms with E-state index in [2.05, 4.69) is 31.4 Å². The molecule has 2 N–H and O–H groups in total. The smallest absolute Gasteiger partial charge is 0.407 e. The minimum absolute atomic E-state index is 0.0997. The van der Waals surface area contributed by atoms with Gasteiger partial charge in [0.1, 0.15) is 6.10 Å². The number of fused-ring (bicyclic) bond motifs is 1. The van der Waals surface area contributed by atoms with Gasteiger partial charge in [-0.3, -0.25) is 4.79 Å². The molecule has 0 saturated heterocycles. The maximum Gasteiger partial charge on any atom is 0.407 e. The lowest BCUT2D eigenvalue weighted by molar-refractivity contribution is -0.122. The van der Waals surface area contributed by atoms with Gasteiger partial charge in [-0.2, -0.15) is 5.26 Å². The predicted molar refractivity (Wildman–Crippen MR) is 130 cm³/mol. The molecule has 6 nitrogen and oxygen atoms in total. The van der Waals surface area contributed by atoms with E-state index in [0.29, 0.717) is 17.8 Å². The first kappa shape index (κ1) is 24.6. The molecule has 2 aromatic carbocycles. The van der Waals surface area contributed by atoms with Crippen LogP contribution >= 0.6 is 0 Å². The Kier molecular flexibility index (Phi) is 8.71. The molecule has 3 rings (SSSR count). The van der Waals surface area contributed by atoms with Crippen LogP contribution in [0.25, 0.3) is 10.8 Å². The van der Waals surface area contributed by atoms with Gasteiger partial charge in [0.15, 0.2) is 0 Å². The Balaban J connectivity index is 1.70. The molecule has 1 aliphatic rings. The van der Waals surface area contributed by atoms with E-state index < -0.39 is 12.0 Å². The van der Waals surface area contributed by atoms with Crippen LogP contribution in [0.1, 0.15) is 57.9 Å². The largest absolute Gasteiger partial charge is 0.446 e. The standard InChI is InChI=1S/C27H35N3O3/c1-18(2)23-12-9-19(3)15-25(23)33-27(32)30-17-24(26(31)29-14-6-13-28)22-11-10-20-7-4-5-8-21(20)16-22/h4-5,7-8,10-11,16,18-19,23-25H,6,9,12,14-15,17H2,1-3H3,(H,29,31)(H,30,32). The van der Waals surface area contributed by atoms with Crippen LogP contribution in [0.5, 0.6) is 0 Å². The Bertz CT molecular complexity index is 998. The summed E-state index contributed by atoms with van der Waals surface area (Å²) in [7, 11) is 0. The normalized spacial score (nSPS) is 21.2. The first-order chi connectivity index (χ1) is 15.9. The third kappa shape index (κ3) is 6.71. The summed E-state index contributed by atoms with van der Waals surface area (Å²) >= 11 is 0. The van der Waals surface area contributed by atoms with Crippen LogP contribution in [0.3, 0.4) is 0 Å². The Labute approximate surface area is 196 Å².